The maximum atomic E-state index is 5.40. The topological polar surface area (TPSA) is 62.5 Å². The minimum atomic E-state index is 0.461. The highest BCUT2D eigenvalue weighted by Gasteiger charge is 2.09. The molecule has 15 heavy (non-hydrogen) atoms. The zero-order valence-electron chi connectivity index (χ0n) is 9.21. The first kappa shape index (κ1) is 11.6. The van der Waals surface area contributed by atoms with Crippen LogP contribution in [0.15, 0.2) is 9.52 Å². The van der Waals surface area contributed by atoms with E-state index in [1.54, 1.807) is 14.0 Å². The molecule has 0 unspecified atom stereocenters. The van der Waals surface area contributed by atoms with Crippen molar-refractivity contribution in [2.45, 2.75) is 20.8 Å². The molecule has 0 radical (unpaired) electrons. The Morgan fingerprint density at radius 3 is 2.60 bits per heavy atom. The third-order valence-corrected chi connectivity index (χ3v) is 2.08. The summed E-state index contributed by atoms with van der Waals surface area (Å²) in [5, 5.41) is 7.29. The molecule has 0 fully saturated rings. The smallest absolute Gasteiger partial charge is 0.192 e. The summed E-state index contributed by atoms with van der Waals surface area (Å²) in [4.78, 5) is 4.16. The maximum absolute atomic E-state index is 5.40. The molecule has 2 N–H and O–H groups in total. The molecule has 0 spiro atoms. The lowest BCUT2D eigenvalue weighted by Gasteiger charge is -2.01. The van der Waals surface area contributed by atoms with E-state index >= 15 is 0 Å². The van der Waals surface area contributed by atoms with Gasteiger partial charge in [-0.1, -0.05) is 0 Å². The number of oxazole rings is 1. The minimum absolute atomic E-state index is 0.461. The number of thiocarbonyl (C=S) groups is 1. The van der Waals surface area contributed by atoms with Gasteiger partial charge < -0.3 is 9.73 Å². The molecule has 1 aromatic rings. The van der Waals surface area contributed by atoms with Crippen molar-refractivity contribution in [3.63, 3.8) is 0 Å². The van der Waals surface area contributed by atoms with Gasteiger partial charge in [0.1, 0.15) is 5.71 Å². The SMILES string of the molecule is CNC(=S)N/N=C(\C)c1oc(C)nc1C. The molecule has 0 aliphatic heterocycles. The molecule has 6 heteroatoms. The molecule has 0 aliphatic carbocycles. The van der Waals surface area contributed by atoms with Gasteiger partial charge in [0.05, 0.1) is 5.69 Å². The van der Waals surface area contributed by atoms with Crippen LogP contribution in [0.25, 0.3) is 0 Å². The Kier molecular flexibility index (Phi) is 3.79. The average molecular weight is 226 g/mol. The molecule has 0 atom stereocenters. The summed E-state index contributed by atoms with van der Waals surface area (Å²) in [6.45, 7) is 5.51. The first-order valence-electron chi connectivity index (χ1n) is 4.51. The number of hydrogen-bond acceptors (Lipinski definition) is 4. The fraction of sp³-hybridized carbons (Fsp3) is 0.444. The van der Waals surface area contributed by atoms with Crippen molar-refractivity contribution in [2.75, 3.05) is 7.05 Å². The fourth-order valence-corrected chi connectivity index (χ4v) is 1.15. The van der Waals surface area contributed by atoms with Crippen LogP contribution in [-0.4, -0.2) is 22.9 Å². The number of rotatable bonds is 2. The van der Waals surface area contributed by atoms with Crippen molar-refractivity contribution < 1.29 is 4.42 Å². The predicted octanol–water partition coefficient (Wildman–Crippen LogP) is 1.11. The highest BCUT2D eigenvalue weighted by Crippen LogP contribution is 2.09. The second-order valence-corrected chi connectivity index (χ2v) is 3.44. The van der Waals surface area contributed by atoms with E-state index < -0.39 is 0 Å². The Labute approximate surface area is 94.0 Å². The summed E-state index contributed by atoms with van der Waals surface area (Å²) in [5.74, 6) is 1.31. The van der Waals surface area contributed by atoms with Gasteiger partial charge in [0.25, 0.3) is 0 Å². The molecule has 0 saturated carbocycles. The van der Waals surface area contributed by atoms with Crippen LogP contribution in [0.2, 0.25) is 0 Å². The van der Waals surface area contributed by atoms with Gasteiger partial charge in [-0.15, -0.1) is 0 Å². The van der Waals surface area contributed by atoms with Crippen molar-refractivity contribution in [2.24, 2.45) is 5.10 Å². The molecule has 0 saturated heterocycles. The van der Waals surface area contributed by atoms with Crippen LogP contribution < -0.4 is 10.7 Å². The van der Waals surface area contributed by atoms with Crippen molar-refractivity contribution in [1.29, 1.82) is 0 Å². The summed E-state index contributed by atoms with van der Waals surface area (Å²) in [6.07, 6.45) is 0. The number of aryl methyl sites for hydroxylation is 2. The molecular formula is C9H14N4OS. The van der Waals surface area contributed by atoms with E-state index in [-0.39, 0.29) is 0 Å². The molecule has 0 aliphatic rings. The van der Waals surface area contributed by atoms with Crippen LogP contribution in [0.1, 0.15) is 24.3 Å². The van der Waals surface area contributed by atoms with Crippen molar-refractivity contribution >= 4 is 23.0 Å². The average Bonchev–Trinajstić information content (AvgIpc) is 2.53. The molecule has 0 bridgehead atoms. The molecule has 1 rings (SSSR count). The summed E-state index contributed by atoms with van der Waals surface area (Å²) in [5.41, 5.74) is 4.23. The van der Waals surface area contributed by atoms with Gasteiger partial charge in [-0.05, 0) is 26.1 Å². The van der Waals surface area contributed by atoms with Gasteiger partial charge >= 0.3 is 0 Å². The van der Waals surface area contributed by atoms with Gasteiger partial charge in [0.15, 0.2) is 16.8 Å². The predicted molar refractivity (Wildman–Crippen MR) is 63.0 cm³/mol. The van der Waals surface area contributed by atoms with Gasteiger partial charge in [-0.25, -0.2) is 4.98 Å². The van der Waals surface area contributed by atoms with Crippen LogP contribution in [0.4, 0.5) is 0 Å². The van der Waals surface area contributed by atoms with E-state index in [4.69, 9.17) is 16.6 Å². The Morgan fingerprint density at radius 1 is 1.47 bits per heavy atom. The summed E-state index contributed by atoms with van der Waals surface area (Å²) < 4.78 is 5.40. The molecule has 0 aromatic carbocycles. The molecular weight excluding hydrogens is 212 g/mol. The third kappa shape index (κ3) is 3.02. The largest absolute Gasteiger partial charge is 0.439 e. The summed E-state index contributed by atoms with van der Waals surface area (Å²) >= 11 is 4.89. The third-order valence-electron chi connectivity index (χ3n) is 1.78. The first-order valence-corrected chi connectivity index (χ1v) is 4.92. The second-order valence-electron chi connectivity index (χ2n) is 3.04. The van der Waals surface area contributed by atoms with Crippen LogP contribution in [0.5, 0.6) is 0 Å². The zero-order valence-corrected chi connectivity index (χ0v) is 10.0. The number of aromatic nitrogens is 1. The fourth-order valence-electron chi connectivity index (χ4n) is 1.11. The monoisotopic (exact) mass is 226 g/mol. The first-order chi connectivity index (χ1) is 7.04. The lowest BCUT2D eigenvalue weighted by molar-refractivity contribution is 0.512. The van der Waals surface area contributed by atoms with Crippen molar-refractivity contribution in [3.05, 3.63) is 17.3 Å². The van der Waals surface area contributed by atoms with E-state index in [0.29, 0.717) is 22.5 Å². The van der Waals surface area contributed by atoms with Gasteiger partial charge in [0.2, 0.25) is 0 Å². The van der Waals surface area contributed by atoms with E-state index in [9.17, 15) is 0 Å². The van der Waals surface area contributed by atoms with Crippen LogP contribution in [-0.2, 0) is 0 Å². The van der Waals surface area contributed by atoms with Crippen molar-refractivity contribution in [1.82, 2.24) is 15.7 Å². The van der Waals surface area contributed by atoms with Crippen molar-refractivity contribution in [3.8, 4) is 0 Å². The quantitative estimate of drug-likeness (QED) is 0.449. The minimum Gasteiger partial charge on any atom is -0.439 e. The highest BCUT2D eigenvalue weighted by molar-refractivity contribution is 7.80. The zero-order chi connectivity index (χ0) is 11.4. The Balaban J connectivity index is 2.80. The lowest BCUT2D eigenvalue weighted by Crippen LogP contribution is -2.29. The number of nitrogens with zero attached hydrogens (tertiary/aromatic N) is 2. The standard InChI is InChI=1S/C9H14N4OS/c1-5-8(14-7(3)11-5)6(2)12-13-9(15)10-4/h1-4H3,(H2,10,13,15)/b12-6+. The normalized spacial score (nSPS) is 11.3. The second kappa shape index (κ2) is 4.88. The van der Waals surface area contributed by atoms with E-state index in [1.165, 1.54) is 0 Å². The lowest BCUT2D eigenvalue weighted by atomic mass is 10.3. The van der Waals surface area contributed by atoms with E-state index in [2.05, 4.69) is 20.8 Å². The number of hydrazone groups is 1. The molecule has 1 heterocycles. The molecule has 1 aromatic heterocycles. The summed E-state index contributed by atoms with van der Waals surface area (Å²) in [6, 6.07) is 0. The Hall–Kier alpha value is -1.43. The van der Waals surface area contributed by atoms with Crippen LogP contribution in [0.3, 0.4) is 0 Å². The summed E-state index contributed by atoms with van der Waals surface area (Å²) in [7, 11) is 1.73. The van der Waals surface area contributed by atoms with Gasteiger partial charge in [0, 0.05) is 14.0 Å². The van der Waals surface area contributed by atoms with E-state index in [0.717, 1.165) is 5.69 Å². The highest BCUT2D eigenvalue weighted by atomic mass is 32.1. The number of nitrogens with one attached hydrogen (secondary N) is 2. The van der Waals surface area contributed by atoms with E-state index in [1.807, 2.05) is 13.8 Å². The number of hydrogen-bond donors (Lipinski definition) is 2. The van der Waals surface area contributed by atoms with Crippen LogP contribution >= 0.6 is 12.2 Å². The Morgan fingerprint density at radius 2 is 2.13 bits per heavy atom. The van der Waals surface area contributed by atoms with Gasteiger partial charge in [-0.3, -0.25) is 5.43 Å². The molecule has 0 amide bonds. The van der Waals surface area contributed by atoms with Gasteiger partial charge in [-0.2, -0.15) is 5.10 Å². The molecule has 5 nitrogen and oxygen atoms in total. The molecule has 82 valence electrons. The van der Waals surface area contributed by atoms with Crippen LogP contribution in [0, 0.1) is 13.8 Å². The maximum Gasteiger partial charge on any atom is 0.192 e. The Bertz CT molecular complexity index is 397.